The van der Waals surface area contributed by atoms with Crippen LogP contribution in [0.2, 0.25) is 0 Å². The highest BCUT2D eigenvalue weighted by molar-refractivity contribution is 7.93. The van der Waals surface area contributed by atoms with Gasteiger partial charge < -0.3 is 5.32 Å². The Balaban J connectivity index is 2.30. The van der Waals surface area contributed by atoms with E-state index in [9.17, 15) is 23.3 Å². The number of non-ortho nitro benzene ring substituents is 1. The van der Waals surface area contributed by atoms with E-state index in [-0.39, 0.29) is 32.3 Å². The maximum absolute atomic E-state index is 12.4. The molecule has 1 amide bonds. The summed E-state index contributed by atoms with van der Waals surface area (Å²) in [6, 6.07) is 4.57. The minimum Gasteiger partial charge on any atom is -0.302 e. The summed E-state index contributed by atoms with van der Waals surface area (Å²) in [6.07, 6.45) is 1.40. The van der Waals surface area contributed by atoms with Crippen molar-refractivity contribution in [3.63, 3.8) is 0 Å². The molecule has 1 aromatic heterocycles. The van der Waals surface area contributed by atoms with E-state index in [0.29, 0.717) is 0 Å². The first-order valence-corrected chi connectivity index (χ1v) is 8.39. The van der Waals surface area contributed by atoms with Gasteiger partial charge in [-0.2, -0.15) is 0 Å². The number of aromatic nitrogens is 1. The molecule has 2 aromatic rings. The van der Waals surface area contributed by atoms with Crippen LogP contribution in [0, 0.1) is 10.1 Å². The lowest BCUT2D eigenvalue weighted by Gasteiger charge is -2.00. The van der Waals surface area contributed by atoms with E-state index < -0.39 is 14.8 Å². The summed E-state index contributed by atoms with van der Waals surface area (Å²) in [7, 11) is -3.82. The van der Waals surface area contributed by atoms with E-state index in [2.05, 4.69) is 10.3 Å². The number of carbonyl (C=O) groups is 1. The summed E-state index contributed by atoms with van der Waals surface area (Å²) in [6.45, 7) is 1.66. The number of nitrogens with zero attached hydrogens (tertiary/aromatic N) is 2. The first-order chi connectivity index (χ1) is 10.3. The number of benzene rings is 1. The van der Waals surface area contributed by atoms with Gasteiger partial charge in [0.15, 0.2) is 5.13 Å². The van der Waals surface area contributed by atoms with Crippen molar-refractivity contribution in [2.75, 3.05) is 5.32 Å². The van der Waals surface area contributed by atoms with Crippen LogP contribution in [0.3, 0.4) is 0 Å². The number of rotatable bonds is 5. The standard InChI is InChI=1S/C12H11N3O5S2/c1-2-10(16)14-12-13-7-11(21-12)22(19,20)9-5-3-8(4-6-9)15(17)18/h3-7H,2H2,1H3,(H,13,14,16). The molecule has 1 heterocycles. The van der Waals surface area contributed by atoms with Gasteiger partial charge >= 0.3 is 0 Å². The molecule has 0 saturated carbocycles. The molecule has 116 valence electrons. The van der Waals surface area contributed by atoms with E-state index in [0.717, 1.165) is 41.8 Å². The van der Waals surface area contributed by atoms with Crippen molar-refractivity contribution in [1.82, 2.24) is 4.98 Å². The monoisotopic (exact) mass is 341 g/mol. The summed E-state index contributed by atoms with van der Waals surface area (Å²) in [5.74, 6) is -0.270. The van der Waals surface area contributed by atoms with Gasteiger partial charge in [-0.3, -0.25) is 14.9 Å². The second-order valence-corrected chi connectivity index (χ2v) is 7.35. The molecule has 0 radical (unpaired) electrons. The van der Waals surface area contributed by atoms with Gasteiger partial charge in [0, 0.05) is 18.6 Å². The molecule has 2 rings (SSSR count). The van der Waals surface area contributed by atoms with E-state index in [1.54, 1.807) is 6.92 Å². The predicted octanol–water partition coefficient (Wildman–Crippen LogP) is 2.23. The van der Waals surface area contributed by atoms with Gasteiger partial charge in [-0.1, -0.05) is 18.3 Å². The van der Waals surface area contributed by atoms with Crippen molar-refractivity contribution in [3.8, 4) is 0 Å². The Labute approximate surface area is 129 Å². The van der Waals surface area contributed by atoms with Gasteiger partial charge in [-0.25, -0.2) is 13.4 Å². The maximum Gasteiger partial charge on any atom is 0.269 e. The van der Waals surface area contributed by atoms with Crippen LogP contribution >= 0.6 is 11.3 Å². The summed E-state index contributed by atoms with van der Waals surface area (Å²) in [4.78, 5) is 25.0. The SMILES string of the molecule is CCC(=O)Nc1ncc(S(=O)(=O)c2ccc([N+](=O)[O-])cc2)s1. The van der Waals surface area contributed by atoms with Crippen LogP contribution in [0.4, 0.5) is 10.8 Å². The van der Waals surface area contributed by atoms with E-state index in [4.69, 9.17) is 0 Å². The topological polar surface area (TPSA) is 119 Å². The average Bonchev–Trinajstić information content (AvgIpc) is 2.96. The Bertz CT molecular complexity index is 812. The molecule has 0 spiro atoms. The molecule has 10 heteroatoms. The van der Waals surface area contributed by atoms with Crippen molar-refractivity contribution < 1.29 is 18.1 Å². The molecule has 0 aliphatic heterocycles. The van der Waals surface area contributed by atoms with Crippen molar-refractivity contribution in [2.24, 2.45) is 0 Å². The molecule has 1 N–H and O–H groups in total. The molecule has 0 saturated heterocycles. The summed E-state index contributed by atoms with van der Waals surface area (Å²) in [5, 5.41) is 13.2. The largest absolute Gasteiger partial charge is 0.302 e. The average molecular weight is 341 g/mol. The van der Waals surface area contributed by atoms with Crippen molar-refractivity contribution in [1.29, 1.82) is 0 Å². The fourth-order valence-electron chi connectivity index (χ4n) is 1.51. The number of nitro groups is 1. The van der Waals surface area contributed by atoms with Crippen LogP contribution in [0.25, 0.3) is 0 Å². The third-order valence-electron chi connectivity index (χ3n) is 2.67. The van der Waals surface area contributed by atoms with E-state index in [1.165, 1.54) is 0 Å². The van der Waals surface area contributed by atoms with Crippen molar-refractivity contribution >= 4 is 37.9 Å². The lowest BCUT2D eigenvalue weighted by Crippen LogP contribution is -2.08. The van der Waals surface area contributed by atoms with Gasteiger partial charge in [0.1, 0.15) is 4.21 Å². The quantitative estimate of drug-likeness (QED) is 0.658. The van der Waals surface area contributed by atoms with Crippen LogP contribution < -0.4 is 5.32 Å². The van der Waals surface area contributed by atoms with Gasteiger partial charge in [0.25, 0.3) is 5.69 Å². The third-order valence-corrected chi connectivity index (χ3v) is 5.82. The van der Waals surface area contributed by atoms with Crippen molar-refractivity contribution in [3.05, 3.63) is 40.6 Å². The number of sulfone groups is 1. The highest BCUT2D eigenvalue weighted by Crippen LogP contribution is 2.29. The maximum atomic E-state index is 12.4. The fourth-order valence-corrected chi connectivity index (χ4v) is 3.96. The van der Waals surface area contributed by atoms with Crippen molar-refractivity contribution in [2.45, 2.75) is 22.4 Å². The molecule has 8 nitrogen and oxygen atoms in total. The lowest BCUT2D eigenvalue weighted by atomic mass is 10.3. The minimum absolute atomic E-state index is 0.0484. The number of nitrogens with one attached hydrogen (secondary N) is 1. The number of thiazole rings is 1. The number of hydrogen-bond donors (Lipinski definition) is 1. The Kier molecular flexibility index (Phi) is 4.52. The number of carbonyl (C=O) groups excluding carboxylic acids is 1. The van der Waals surface area contributed by atoms with Crippen LogP contribution in [-0.4, -0.2) is 24.2 Å². The fraction of sp³-hybridized carbons (Fsp3) is 0.167. The first-order valence-electron chi connectivity index (χ1n) is 6.10. The minimum atomic E-state index is -3.82. The second-order valence-electron chi connectivity index (χ2n) is 4.14. The Morgan fingerprint density at radius 1 is 1.36 bits per heavy atom. The van der Waals surface area contributed by atoms with Gasteiger partial charge in [-0.15, -0.1) is 0 Å². The van der Waals surface area contributed by atoms with E-state index >= 15 is 0 Å². The molecular weight excluding hydrogens is 330 g/mol. The Hall–Kier alpha value is -2.33. The Morgan fingerprint density at radius 3 is 2.55 bits per heavy atom. The summed E-state index contributed by atoms with van der Waals surface area (Å²) in [5.41, 5.74) is -0.195. The molecule has 0 aliphatic rings. The Morgan fingerprint density at radius 2 is 2.00 bits per heavy atom. The first kappa shape index (κ1) is 16.0. The van der Waals surface area contributed by atoms with Gasteiger partial charge in [-0.05, 0) is 12.1 Å². The number of nitro benzene ring substituents is 1. The molecular formula is C12H11N3O5S2. The number of amides is 1. The summed E-state index contributed by atoms with van der Waals surface area (Å²) >= 11 is 0.824. The zero-order chi connectivity index (χ0) is 16.3. The molecule has 0 bridgehead atoms. The molecule has 0 atom stereocenters. The molecule has 0 aliphatic carbocycles. The predicted molar refractivity (Wildman–Crippen MR) is 79.6 cm³/mol. The second kappa shape index (κ2) is 6.20. The lowest BCUT2D eigenvalue weighted by molar-refractivity contribution is -0.384. The van der Waals surface area contributed by atoms with Gasteiger partial charge in [0.2, 0.25) is 15.7 Å². The van der Waals surface area contributed by atoms with E-state index in [1.807, 2.05) is 0 Å². The van der Waals surface area contributed by atoms with Gasteiger partial charge in [0.05, 0.1) is 16.0 Å². The summed E-state index contributed by atoms with van der Waals surface area (Å²) < 4.78 is 24.7. The zero-order valence-corrected chi connectivity index (χ0v) is 13.0. The molecule has 22 heavy (non-hydrogen) atoms. The van der Waals surface area contributed by atoms with Crippen LogP contribution in [0.1, 0.15) is 13.3 Å². The highest BCUT2D eigenvalue weighted by Gasteiger charge is 2.22. The number of hydrogen-bond acceptors (Lipinski definition) is 7. The highest BCUT2D eigenvalue weighted by atomic mass is 32.2. The molecule has 0 unspecified atom stereocenters. The smallest absolute Gasteiger partial charge is 0.269 e. The van der Waals surface area contributed by atoms with Crippen LogP contribution in [0.5, 0.6) is 0 Å². The van der Waals surface area contributed by atoms with Crippen LogP contribution in [-0.2, 0) is 14.6 Å². The third kappa shape index (κ3) is 3.28. The number of anilines is 1. The molecule has 0 fully saturated rings. The molecule has 1 aromatic carbocycles. The zero-order valence-electron chi connectivity index (χ0n) is 11.3. The normalized spacial score (nSPS) is 11.1. The van der Waals surface area contributed by atoms with Crippen LogP contribution in [0.15, 0.2) is 39.6 Å².